The molecule has 1 aromatic carbocycles. The molecule has 4 nitrogen and oxygen atoms in total. The summed E-state index contributed by atoms with van der Waals surface area (Å²) in [5.74, 6) is -0.223. The Bertz CT molecular complexity index is 593. The van der Waals surface area contributed by atoms with E-state index in [1.807, 2.05) is 31.2 Å². The van der Waals surface area contributed by atoms with Crippen molar-refractivity contribution in [3.63, 3.8) is 0 Å². The van der Waals surface area contributed by atoms with E-state index in [0.717, 1.165) is 20.5 Å². The minimum atomic E-state index is -1.00. The lowest BCUT2D eigenvalue weighted by Crippen LogP contribution is -2.34. The van der Waals surface area contributed by atoms with E-state index in [1.54, 1.807) is 0 Å². The van der Waals surface area contributed by atoms with Gasteiger partial charge in [-0.1, -0.05) is 18.2 Å². The quantitative estimate of drug-likeness (QED) is 0.798. The van der Waals surface area contributed by atoms with Gasteiger partial charge in [0.1, 0.15) is 12.2 Å². The molecular formula is C14H17NO3S. The maximum Gasteiger partial charge on any atom is 0.216 e. The van der Waals surface area contributed by atoms with Crippen molar-refractivity contribution in [2.45, 2.75) is 26.1 Å². The third-order valence-electron chi connectivity index (χ3n) is 3.07. The van der Waals surface area contributed by atoms with Crippen LogP contribution in [0.3, 0.4) is 0 Å². The van der Waals surface area contributed by atoms with Crippen LogP contribution in [0.15, 0.2) is 24.3 Å². The van der Waals surface area contributed by atoms with E-state index >= 15 is 0 Å². The van der Waals surface area contributed by atoms with Gasteiger partial charge in [-0.2, -0.15) is 0 Å². The number of thiophene rings is 1. The topological polar surface area (TPSA) is 69.6 Å². The maximum absolute atomic E-state index is 10.8. The lowest BCUT2D eigenvalue weighted by molar-refractivity contribution is -0.119. The molecule has 0 aliphatic carbocycles. The Hall–Kier alpha value is -1.43. The fourth-order valence-corrected chi connectivity index (χ4v) is 3.27. The van der Waals surface area contributed by atoms with E-state index in [1.165, 1.54) is 18.3 Å². The Morgan fingerprint density at radius 1 is 1.37 bits per heavy atom. The summed E-state index contributed by atoms with van der Waals surface area (Å²) in [4.78, 5) is 11.6. The molecule has 1 aromatic heterocycles. The highest BCUT2D eigenvalue weighted by molar-refractivity contribution is 7.19. The molecule has 3 N–H and O–H groups in total. The SMILES string of the molecule is CC(=O)NCC(O)C(O)c1sc2ccccc2c1C. The number of nitrogens with one attached hydrogen (secondary N) is 1. The number of benzene rings is 1. The van der Waals surface area contributed by atoms with Crippen LogP contribution in [-0.4, -0.2) is 28.8 Å². The van der Waals surface area contributed by atoms with Gasteiger partial charge < -0.3 is 15.5 Å². The van der Waals surface area contributed by atoms with Crippen molar-refractivity contribution in [2.75, 3.05) is 6.54 Å². The summed E-state index contributed by atoms with van der Waals surface area (Å²) < 4.78 is 1.08. The van der Waals surface area contributed by atoms with Gasteiger partial charge in [-0.05, 0) is 23.9 Å². The molecule has 0 spiro atoms. The fraction of sp³-hybridized carbons (Fsp3) is 0.357. The van der Waals surface area contributed by atoms with Gasteiger partial charge in [0.25, 0.3) is 0 Å². The monoisotopic (exact) mass is 279 g/mol. The summed E-state index contributed by atoms with van der Waals surface area (Å²) in [5, 5.41) is 23.7. The molecule has 0 saturated heterocycles. The van der Waals surface area contributed by atoms with E-state index in [9.17, 15) is 15.0 Å². The zero-order valence-electron chi connectivity index (χ0n) is 10.9. The standard InChI is InChI=1S/C14H17NO3S/c1-8-10-5-3-4-6-12(10)19-14(8)13(18)11(17)7-15-9(2)16/h3-6,11,13,17-18H,7H2,1-2H3,(H,15,16). The van der Waals surface area contributed by atoms with Gasteiger partial charge in [-0.25, -0.2) is 0 Å². The van der Waals surface area contributed by atoms with Crippen LogP contribution in [0.1, 0.15) is 23.5 Å². The number of rotatable bonds is 4. The highest BCUT2D eigenvalue weighted by atomic mass is 32.1. The number of carbonyl (C=O) groups excluding carboxylic acids is 1. The molecule has 1 amide bonds. The molecule has 2 atom stereocenters. The predicted molar refractivity (Wildman–Crippen MR) is 76.2 cm³/mol. The van der Waals surface area contributed by atoms with E-state index in [2.05, 4.69) is 5.32 Å². The Kier molecular flexibility index (Phi) is 4.19. The van der Waals surface area contributed by atoms with Crippen molar-refractivity contribution in [3.05, 3.63) is 34.7 Å². The highest BCUT2D eigenvalue weighted by Gasteiger charge is 2.23. The van der Waals surface area contributed by atoms with Gasteiger partial charge in [-0.15, -0.1) is 11.3 Å². The molecule has 0 aliphatic rings. The molecule has 0 fully saturated rings. The average Bonchev–Trinajstić information content (AvgIpc) is 2.73. The smallest absolute Gasteiger partial charge is 0.216 e. The number of amides is 1. The van der Waals surface area contributed by atoms with Gasteiger partial charge in [0.2, 0.25) is 5.91 Å². The van der Waals surface area contributed by atoms with Crippen molar-refractivity contribution < 1.29 is 15.0 Å². The third kappa shape index (κ3) is 2.94. The average molecular weight is 279 g/mol. The first-order chi connectivity index (χ1) is 9.00. The minimum absolute atomic E-state index is 0.0458. The van der Waals surface area contributed by atoms with E-state index < -0.39 is 12.2 Å². The fourth-order valence-electron chi connectivity index (χ4n) is 2.01. The van der Waals surface area contributed by atoms with Crippen LogP contribution in [0, 0.1) is 6.92 Å². The summed E-state index contributed by atoms with van der Waals surface area (Å²) in [6.45, 7) is 3.36. The highest BCUT2D eigenvalue weighted by Crippen LogP contribution is 2.35. The van der Waals surface area contributed by atoms with Gasteiger partial charge >= 0.3 is 0 Å². The Morgan fingerprint density at radius 3 is 2.68 bits per heavy atom. The number of carbonyl (C=O) groups is 1. The summed E-state index contributed by atoms with van der Waals surface area (Å²) >= 11 is 1.47. The largest absolute Gasteiger partial charge is 0.388 e. The molecule has 0 bridgehead atoms. The van der Waals surface area contributed by atoms with E-state index in [4.69, 9.17) is 0 Å². The molecule has 0 aliphatic heterocycles. The van der Waals surface area contributed by atoms with Gasteiger partial charge in [0, 0.05) is 23.0 Å². The van der Waals surface area contributed by atoms with Crippen molar-refractivity contribution in [3.8, 4) is 0 Å². The predicted octanol–water partition coefficient (Wildman–Crippen LogP) is 1.74. The van der Waals surface area contributed by atoms with Crippen LogP contribution in [0.5, 0.6) is 0 Å². The molecule has 0 radical (unpaired) electrons. The molecular weight excluding hydrogens is 262 g/mol. The lowest BCUT2D eigenvalue weighted by Gasteiger charge is -2.17. The maximum atomic E-state index is 10.8. The van der Waals surface area contributed by atoms with Crippen LogP contribution in [0.2, 0.25) is 0 Å². The number of hydrogen-bond donors (Lipinski definition) is 3. The van der Waals surface area contributed by atoms with E-state index in [-0.39, 0.29) is 12.5 Å². The van der Waals surface area contributed by atoms with Crippen LogP contribution in [0.25, 0.3) is 10.1 Å². The summed E-state index contributed by atoms with van der Waals surface area (Å²) in [6.07, 6.45) is -1.99. The molecule has 2 rings (SSSR count). The molecule has 0 saturated carbocycles. The summed E-state index contributed by atoms with van der Waals surface area (Å²) in [6, 6.07) is 7.88. The molecule has 2 unspecified atom stereocenters. The van der Waals surface area contributed by atoms with Crippen molar-refractivity contribution >= 4 is 27.3 Å². The zero-order valence-corrected chi connectivity index (χ0v) is 11.7. The zero-order chi connectivity index (χ0) is 14.0. The van der Waals surface area contributed by atoms with Gasteiger partial charge in [0.15, 0.2) is 0 Å². The van der Waals surface area contributed by atoms with Crippen molar-refractivity contribution in [1.29, 1.82) is 0 Å². The first-order valence-corrected chi connectivity index (χ1v) is 6.91. The normalized spacial score (nSPS) is 14.3. The minimum Gasteiger partial charge on any atom is -0.388 e. The number of hydrogen-bond acceptors (Lipinski definition) is 4. The van der Waals surface area contributed by atoms with Crippen LogP contribution in [0.4, 0.5) is 0 Å². The van der Waals surface area contributed by atoms with E-state index in [0.29, 0.717) is 0 Å². The summed E-state index contributed by atoms with van der Waals surface area (Å²) in [5.41, 5.74) is 0.981. The van der Waals surface area contributed by atoms with Crippen LogP contribution >= 0.6 is 11.3 Å². The van der Waals surface area contributed by atoms with Crippen LogP contribution in [-0.2, 0) is 4.79 Å². The molecule has 5 heteroatoms. The van der Waals surface area contributed by atoms with Crippen LogP contribution < -0.4 is 5.32 Å². The molecule has 19 heavy (non-hydrogen) atoms. The second-order valence-electron chi connectivity index (χ2n) is 4.54. The number of aliphatic hydroxyl groups is 2. The second kappa shape index (κ2) is 5.69. The Morgan fingerprint density at radius 2 is 2.05 bits per heavy atom. The number of aryl methyl sites for hydroxylation is 1. The molecule has 2 aromatic rings. The first kappa shape index (κ1) is 14.0. The van der Waals surface area contributed by atoms with Crippen molar-refractivity contribution in [1.82, 2.24) is 5.32 Å². The number of aliphatic hydroxyl groups excluding tert-OH is 2. The Balaban J connectivity index is 2.23. The molecule has 102 valence electrons. The Labute approximate surface area is 115 Å². The number of fused-ring (bicyclic) bond motifs is 1. The van der Waals surface area contributed by atoms with Gasteiger partial charge in [0.05, 0.1) is 0 Å². The van der Waals surface area contributed by atoms with Gasteiger partial charge in [-0.3, -0.25) is 4.79 Å². The second-order valence-corrected chi connectivity index (χ2v) is 5.62. The lowest BCUT2D eigenvalue weighted by atomic mass is 10.1. The molecule has 1 heterocycles. The third-order valence-corrected chi connectivity index (χ3v) is 4.42. The van der Waals surface area contributed by atoms with Crippen molar-refractivity contribution in [2.24, 2.45) is 0 Å². The first-order valence-electron chi connectivity index (χ1n) is 6.09. The summed E-state index contributed by atoms with van der Waals surface area (Å²) in [7, 11) is 0.